The van der Waals surface area contributed by atoms with Crippen molar-refractivity contribution >= 4 is 44.4 Å². The van der Waals surface area contributed by atoms with Gasteiger partial charge in [0.05, 0.1) is 48.1 Å². The number of hydrogen-bond acceptors (Lipinski definition) is 7. The van der Waals surface area contributed by atoms with Crippen LogP contribution in [0.2, 0.25) is 0 Å². The molecule has 8 rings (SSSR count). The number of aromatic nitrogens is 3. The number of benzene rings is 2. The van der Waals surface area contributed by atoms with Crippen LogP contribution in [0.3, 0.4) is 0 Å². The van der Waals surface area contributed by atoms with Gasteiger partial charge in [-0.05, 0) is 106 Å². The number of fused-ring (bicyclic) bond motifs is 5. The molecule has 0 atom stereocenters. The summed E-state index contributed by atoms with van der Waals surface area (Å²) in [7, 11) is -0.0692. The van der Waals surface area contributed by atoms with Crippen molar-refractivity contribution < 1.29 is 22.7 Å². The first-order valence-corrected chi connectivity index (χ1v) is 20.3. The van der Waals surface area contributed by atoms with E-state index < -0.39 is 21.2 Å². The molecule has 0 spiro atoms. The van der Waals surface area contributed by atoms with E-state index in [1.165, 1.54) is 12.0 Å². The van der Waals surface area contributed by atoms with Crippen LogP contribution in [-0.2, 0) is 16.6 Å². The second-order valence-electron chi connectivity index (χ2n) is 15.2. The van der Waals surface area contributed by atoms with Crippen LogP contribution in [0.25, 0.3) is 33.8 Å². The normalized spacial score (nSPS) is 18.6. The van der Waals surface area contributed by atoms with Gasteiger partial charge in [0.2, 0.25) is 10.0 Å². The molecule has 3 fully saturated rings. The molecule has 2 aliphatic carbocycles. The Bertz CT molecular complexity index is 2200. The van der Waals surface area contributed by atoms with Crippen LogP contribution in [0.1, 0.15) is 108 Å². The monoisotopic (exact) mass is 724 g/mol. The van der Waals surface area contributed by atoms with Crippen molar-refractivity contribution in [2.45, 2.75) is 82.5 Å². The molecule has 274 valence electrons. The fourth-order valence-corrected chi connectivity index (χ4v) is 8.86. The summed E-state index contributed by atoms with van der Waals surface area (Å²) in [5.41, 5.74) is 7.98. The fraction of sp³-hybridized carbons (Fsp3) is 0.475. The van der Waals surface area contributed by atoms with E-state index in [1.807, 2.05) is 23.1 Å². The Labute approximate surface area is 305 Å². The topological polar surface area (TPSA) is 119 Å². The molecule has 4 aliphatic rings. The van der Waals surface area contributed by atoms with Crippen LogP contribution in [0, 0.1) is 0 Å². The van der Waals surface area contributed by atoms with Gasteiger partial charge in [-0.1, -0.05) is 25.3 Å². The predicted octanol–water partition coefficient (Wildman–Crippen LogP) is 6.31. The Morgan fingerprint density at radius 3 is 2.38 bits per heavy atom. The number of allylic oxidation sites excluding steroid dienone is 1. The summed E-state index contributed by atoms with van der Waals surface area (Å²) >= 11 is 0. The Morgan fingerprint density at radius 1 is 0.942 bits per heavy atom. The third kappa shape index (κ3) is 6.23. The molecule has 4 heterocycles. The average Bonchev–Trinajstić information content (AvgIpc) is 3.85. The summed E-state index contributed by atoms with van der Waals surface area (Å²) in [6.07, 6.45) is 11.6. The first-order valence-electron chi connectivity index (χ1n) is 18.7. The van der Waals surface area contributed by atoms with Crippen molar-refractivity contribution in [3.63, 3.8) is 0 Å². The van der Waals surface area contributed by atoms with Crippen molar-refractivity contribution in [1.29, 1.82) is 0 Å². The number of hydrogen-bond donors (Lipinski definition) is 1. The number of carbonyl (C=O) groups excluding carboxylic acids is 2. The summed E-state index contributed by atoms with van der Waals surface area (Å²) in [5.74, 6) is 0.424. The van der Waals surface area contributed by atoms with E-state index in [9.17, 15) is 18.0 Å². The van der Waals surface area contributed by atoms with E-state index in [1.54, 1.807) is 33.2 Å². The third-order valence-corrected chi connectivity index (χ3v) is 13.1. The lowest BCUT2D eigenvalue weighted by Gasteiger charge is -2.32. The molecule has 0 radical (unpaired) electrons. The molecule has 1 saturated heterocycles. The van der Waals surface area contributed by atoms with Gasteiger partial charge in [-0.2, -0.15) is 5.10 Å². The smallest absolute Gasteiger partial charge is 0.264 e. The van der Waals surface area contributed by atoms with E-state index >= 15 is 0 Å². The number of methoxy groups -OCH3 is 1. The van der Waals surface area contributed by atoms with Crippen molar-refractivity contribution in [1.82, 2.24) is 28.9 Å². The number of carbonyl (C=O) groups is 2. The first kappa shape index (κ1) is 34.7. The summed E-state index contributed by atoms with van der Waals surface area (Å²) in [5, 5.41) is 5.18. The van der Waals surface area contributed by atoms with Gasteiger partial charge in [0.1, 0.15) is 5.75 Å². The average molecular weight is 725 g/mol. The highest BCUT2D eigenvalue weighted by molar-refractivity contribution is 7.90. The number of nitrogens with zero attached hydrogens (tertiary/aromatic N) is 5. The molecule has 4 aromatic rings. The number of piperazine rings is 1. The minimum Gasteiger partial charge on any atom is -0.497 e. The predicted molar refractivity (Wildman–Crippen MR) is 203 cm³/mol. The molecule has 2 aromatic heterocycles. The fourth-order valence-electron chi connectivity index (χ4n) is 8.25. The zero-order valence-electron chi connectivity index (χ0n) is 30.5. The maximum Gasteiger partial charge on any atom is 0.264 e. The number of ether oxygens (including phenoxy) is 1. The van der Waals surface area contributed by atoms with Crippen molar-refractivity contribution in [3.05, 3.63) is 70.5 Å². The Kier molecular flexibility index (Phi) is 9.02. The summed E-state index contributed by atoms with van der Waals surface area (Å²) in [4.78, 5) is 32.0. The van der Waals surface area contributed by atoms with Gasteiger partial charge in [-0.3, -0.25) is 14.3 Å². The second-order valence-corrected chi connectivity index (χ2v) is 17.5. The van der Waals surface area contributed by atoms with Crippen LogP contribution in [0.4, 0.5) is 0 Å². The Morgan fingerprint density at radius 2 is 1.69 bits per heavy atom. The van der Waals surface area contributed by atoms with E-state index in [4.69, 9.17) is 9.84 Å². The van der Waals surface area contributed by atoms with Crippen molar-refractivity contribution in [3.8, 4) is 17.0 Å². The van der Waals surface area contributed by atoms with Gasteiger partial charge in [-0.25, -0.2) is 13.1 Å². The molecule has 0 unspecified atom stereocenters. The molecular weight excluding hydrogens is 677 g/mol. The third-order valence-electron chi connectivity index (χ3n) is 11.4. The minimum absolute atomic E-state index is 0.00295. The molecule has 2 aliphatic heterocycles. The molecule has 52 heavy (non-hydrogen) atoms. The molecule has 2 aromatic carbocycles. The molecule has 11 nitrogen and oxygen atoms in total. The number of amides is 2. The van der Waals surface area contributed by atoms with E-state index in [0.29, 0.717) is 31.1 Å². The van der Waals surface area contributed by atoms with Crippen LogP contribution in [0.5, 0.6) is 5.75 Å². The maximum atomic E-state index is 14.3. The molecule has 0 bridgehead atoms. The standard InChI is InChI=1S/C40H48N6O5S/c1-25(2)52(49,50)42-39(47)27-10-14-33-35(22-27)45-24-29(37-34(23-41-46(37)30-11-12-30)40(48)44-18-16-43(3)17-19-44)20-28-21-31(51-4)13-15-32(28)38(45)36(33)26-8-6-5-7-9-26/h10,13-15,20-23,25-26,30H,5-9,11-12,16-19,24H2,1-4H3,(H,42,47). The van der Waals surface area contributed by atoms with Gasteiger partial charge in [0.25, 0.3) is 11.8 Å². The first-order chi connectivity index (χ1) is 25.0. The molecule has 1 N–H and O–H groups in total. The molecule has 12 heteroatoms. The van der Waals surface area contributed by atoms with Gasteiger partial charge in [-0.15, -0.1) is 0 Å². The molecule has 2 amide bonds. The van der Waals surface area contributed by atoms with E-state index in [-0.39, 0.29) is 17.5 Å². The lowest BCUT2D eigenvalue weighted by molar-refractivity contribution is 0.0663. The minimum atomic E-state index is -3.83. The van der Waals surface area contributed by atoms with Crippen LogP contribution in [-0.4, -0.2) is 90.0 Å². The van der Waals surface area contributed by atoms with Gasteiger partial charge < -0.3 is 19.1 Å². The van der Waals surface area contributed by atoms with Gasteiger partial charge in [0.15, 0.2) is 0 Å². The lowest BCUT2D eigenvalue weighted by atomic mass is 9.81. The highest BCUT2D eigenvalue weighted by Gasteiger charge is 2.36. The Hall–Kier alpha value is -4.42. The Balaban J connectivity index is 1.34. The molecular formula is C40H48N6O5S. The van der Waals surface area contributed by atoms with Crippen molar-refractivity contribution in [2.75, 3.05) is 40.3 Å². The highest BCUT2D eigenvalue weighted by Crippen LogP contribution is 2.48. The van der Waals surface area contributed by atoms with Gasteiger partial charge in [0, 0.05) is 48.2 Å². The summed E-state index contributed by atoms with van der Waals surface area (Å²) < 4.78 is 37.9. The number of nitrogens with one attached hydrogen (secondary N) is 1. The number of likely N-dealkylation sites (N-methyl/N-ethyl adjacent to an activating group) is 1. The molecule has 2 saturated carbocycles. The van der Waals surface area contributed by atoms with E-state index in [0.717, 1.165) is 96.4 Å². The largest absolute Gasteiger partial charge is 0.497 e. The number of rotatable bonds is 8. The zero-order chi connectivity index (χ0) is 36.3. The summed E-state index contributed by atoms with van der Waals surface area (Å²) in [6.45, 7) is 6.52. The van der Waals surface area contributed by atoms with Crippen molar-refractivity contribution in [2.24, 2.45) is 0 Å². The van der Waals surface area contributed by atoms with Crippen LogP contribution in [0.15, 0.2) is 42.6 Å². The lowest BCUT2D eigenvalue weighted by Crippen LogP contribution is -2.47. The zero-order valence-corrected chi connectivity index (χ0v) is 31.3. The second kappa shape index (κ2) is 13.5. The SMILES string of the molecule is COc1ccc2c(c1)C=C(c1c(C(=O)N3CCN(C)CC3)cnn1C1CC1)Cn1c-2c(C2CCCCC2)c2ccc(C(=O)NS(=O)(=O)C(C)C)cc21. The van der Waals surface area contributed by atoms with Crippen LogP contribution >= 0.6 is 0 Å². The highest BCUT2D eigenvalue weighted by atomic mass is 32.2. The number of sulfonamides is 1. The van der Waals surface area contributed by atoms with Gasteiger partial charge >= 0.3 is 0 Å². The quantitative estimate of drug-likeness (QED) is 0.227. The van der Waals surface area contributed by atoms with E-state index in [2.05, 4.69) is 44.1 Å². The summed E-state index contributed by atoms with van der Waals surface area (Å²) in [6, 6.07) is 12.0. The maximum absolute atomic E-state index is 14.3. The van der Waals surface area contributed by atoms with Crippen LogP contribution < -0.4 is 9.46 Å².